The molecule has 0 radical (unpaired) electrons. The van der Waals surface area contributed by atoms with Gasteiger partial charge in [0.05, 0.1) is 6.61 Å². The minimum Gasteiger partial charge on any atom is -0.457 e. The van der Waals surface area contributed by atoms with Crippen molar-refractivity contribution in [3.05, 3.63) is 58.6 Å². The zero-order chi connectivity index (χ0) is 14.7. The summed E-state index contributed by atoms with van der Waals surface area (Å²) in [5.74, 6) is 1.39. The van der Waals surface area contributed by atoms with Gasteiger partial charge in [-0.3, -0.25) is 0 Å². The molecule has 4 heteroatoms. The van der Waals surface area contributed by atoms with Crippen LogP contribution in [0.5, 0.6) is 11.5 Å². The number of aliphatic hydroxyl groups excluding tert-OH is 1. The Bertz CT molecular complexity index is 626. The smallest absolute Gasteiger partial charge is 0.133 e. The first-order valence-electron chi connectivity index (χ1n) is 7.14. The molecule has 21 heavy (non-hydrogen) atoms. The predicted molar refractivity (Wildman–Crippen MR) is 83.8 cm³/mol. The number of benzene rings is 2. The van der Waals surface area contributed by atoms with Crippen molar-refractivity contribution >= 4 is 11.6 Å². The van der Waals surface area contributed by atoms with Crippen molar-refractivity contribution in [3.63, 3.8) is 0 Å². The zero-order valence-corrected chi connectivity index (χ0v) is 12.4. The molecule has 1 aliphatic carbocycles. The third-order valence-electron chi connectivity index (χ3n) is 3.55. The molecule has 0 spiro atoms. The maximum absolute atomic E-state index is 9.39. The molecule has 1 saturated carbocycles. The van der Waals surface area contributed by atoms with Crippen molar-refractivity contribution in [2.24, 2.45) is 0 Å². The van der Waals surface area contributed by atoms with Gasteiger partial charge in [-0.2, -0.15) is 0 Å². The molecule has 0 aliphatic heterocycles. The van der Waals surface area contributed by atoms with Crippen LogP contribution < -0.4 is 10.1 Å². The van der Waals surface area contributed by atoms with E-state index in [4.69, 9.17) is 16.3 Å². The van der Waals surface area contributed by atoms with Crippen LogP contribution in [0.1, 0.15) is 24.0 Å². The van der Waals surface area contributed by atoms with Gasteiger partial charge < -0.3 is 15.2 Å². The molecule has 0 amide bonds. The van der Waals surface area contributed by atoms with Gasteiger partial charge in [0.1, 0.15) is 11.5 Å². The second-order valence-electron chi connectivity index (χ2n) is 5.28. The Labute approximate surface area is 129 Å². The van der Waals surface area contributed by atoms with Gasteiger partial charge in [0.15, 0.2) is 0 Å². The van der Waals surface area contributed by atoms with E-state index < -0.39 is 0 Å². The first-order valence-corrected chi connectivity index (χ1v) is 7.52. The lowest BCUT2D eigenvalue weighted by molar-refractivity contribution is 0.276. The van der Waals surface area contributed by atoms with E-state index in [1.165, 1.54) is 12.8 Å². The third kappa shape index (κ3) is 3.76. The second-order valence-corrected chi connectivity index (χ2v) is 5.71. The van der Waals surface area contributed by atoms with E-state index in [2.05, 4.69) is 5.32 Å². The lowest BCUT2D eigenvalue weighted by Gasteiger charge is -2.14. The van der Waals surface area contributed by atoms with Gasteiger partial charge in [-0.1, -0.05) is 35.9 Å². The zero-order valence-electron chi connectivity index (χ0n) is 11.7. The summed E-state index contributed by atoms with van der Waals surface area (Å²) in [4.78, 5) is 0. The summed E-state index contributed by atoms with van der Waals surface area (Å²) in [6.45, 7) is 0.713. The molecule has 0 atom stereocenters. The number of halogens is 1. The van der Waals surface area contributed by atoms with Crippen molar-refractivity contribution in [2.45, 2.75) is 32.0 Å². The minimum absolute atomic E-state index is 0.0492. The van der Waals surface area contributed by atoms with Gasteiger partial charge >= 0.3 is 0 Å². The van der Waals surface area contributed by atoms with E-state index in [1.807, 2.05) is 42.5 Å². The maximum Gasteiger partial charge on any atom is 0.133 e. The van der Waals surface area contributed by atoms with E-state index in [-0.39, 0.29) is 6.61 Å². The molecule has 0 aromatic heterocycles. The second kappa shape index (κ2) is 6.48. The van der Waals surface area contributed by atoms with Crippen molar-refractivity contribution in [1.29, 1.82) is 0 Å². The molecular formula is C17H18ClNO2. The molecule has 3 nitrogen and oxygen atoms in total. The number of aliphatic hydroxyl groups is 1. The van der Waals surface area contributed by atoms with Crippen LogP contribution in [0.25, 0.3) is 0 Å². The quantitative estimate of drug-likeness (QED) is 0.851. The molecule has 2 aromatic rings. The predicted octanol–water partition coefficient (Wildman–Crippen LogP) is 3.88. The van der Waals surface area contributed by atoms with Crippen molar-refractivity contribution < 1.29 is 9.84 Å². The standard InChI is InChI=1S/C17H18ClNO2/c18-14-6-5-12(10-19-15-7-8-15)17(9-14)21-16-4-2-1-3-13(16)11-20/h1-6,9,15,19-20H,7-8,10-11H2. The molecule has 2 aromatic carbocycles. The van der Waals surface area contributed by atoms with E-state index in [0.717, 1.165) is 23.4 Å². The fourth-order valence-electron chi connectivity index (χ4n) is 2.16. The monoisotopic (exact) mass is 303 g/mol. The van der Waals surface area contributed by atoms with Gasteiger partial charge in [0.2, 0.25) is 0 Å². The van der Waals surface area contributed by atoms with Crippen molar-refractivity contribution in [3.8, 4) is 11.5 Å². The summed E-state index contributed by atoms with van der Waals surface area (Å²) in [6, 6.07) is 13.8. The van der Waals surface area contributed by atoms with Crippen LogP contribution in [0.2, 0.25) is 5.02 Å². The fraction of sp³-hybridized carbons (Fsp3) is 0.294. The Morgan fingerprint density at radius 2 is 1.90 bits per heavy atom. The van der Waals surface area contributed by atoms with Crippen LogP contribution >= 0.6 is 11.6 Å². The van der Waals surface area contributed by atoms with Gasteiger partial charge in [0, 0.05) is 28.7 Å². The highest BCUT2D eigenvalue weighted by atomic mass is 35.5. The first kappa shape index (κ1) is 14.4. The third-order valence-corrected chi connectivity index (χ3v) is 3.79. The van der Waals surface area contributed by atoms with Crippen LogP contribution in [0, 0.1) is 0 Å². The molecule has 2 N–H and O–H groups in total. The van der Waals surface area contributed by atoms with Crippen molar-refractivity contribution in [1.82, 2.24) is 5.32 Å². The number of para-hydroxylation sites is 1. The van der Waals surface area contributed by atoms with Crippen LogP contribution in [-0.4, -0.2) is 11.1 Å². The van der Waals surface area contributed by atoms with Gasteiger partial charge in [-0.05, 0) is 31.0 Å². The SMILES string of the molecule is OCc1ccccc1Oc1cc(Cl)ccc1CNC1CC1. The summed E-state index contributed by atoms with van der Waals surface area (Å²) in [5.41, 5.74) is 1.83. The van der Waals surface area contributed by atoms with Crippen LogP contribution in [-0.2, 0) is 13.2 Å². The van der Waals surface area contributed by atoms with Crippen LogP contribution in [0.15, 0.2) is 42.5 Å². The van der Waals surface area contributed by atoms with E-state index in [1.54, 1.807) is 0 Å². The van der Waals surface area contributed by atoms with Crippen molar-refractivity contribution in [2.75, 3.05) is 0 Å². The molecule has 3 rings (SSSR count). The summed E-state index contributed by atoms with van der Waals surface area (Å²) in [7, 11) is 0. The Morgan fingerprint density at radius 3 is 2.67 bits per heavy atom. The first-order chi connectivity index (χ1) is 10.3. The molecule has 110 valence electrons. The number of rotatable bonds is 6. The minimum atomic E-state index is -0.0492. The largest absolute Gasteiger partial charge is 0.457 e. The Morgan fingerprint density at radius 1 is 1.10 bits per heavy atom. The molecule has 1 fully saturated rings. The summed E-state index contributed by atoms with van der Waals surface area (Å²) in [6.07, 6.45) is 2.49. The lowest BCUT2D eigenvalue weighted by atomic mass is 10.2. The Hall–Kier alpha value is -1.55. The molecular weight excluding hydrogens is 286 g/mol. The molecule has 0 heterocycles. The number of hydrogen-bond acceptors (Lipinski definition) is 3. The van der Waals surface area contributed by atoms with E-state index in [9.17, 15) is 5.11 Å². The van der Waals surface area contributed by atoms with E-state index in [0.29, 0.717) is 16.8 Å². The molecule has 0 saturated heterocycles. The molecule has 0 bridgehead atoms. The van der Waals surface area contributed by atoms with Gasteiger partial charge in [0.25, 0.3) is 0 Å². The van der Waals surface area contributed by atoms with Crippen LogP contribution in [0.3, 0.4) is 0 Å². The fourth-order valence-corrected chi connectivity index (χ4v) is 2.33. The Kier molecular flexibility index (Phi) is 4.44. The number of hydrogen-bond donors (Lipinski definition) is 2. The highest BCUT2D eigenvalue weighted by Crippen LogP contribution is 2.31. The lowest BCUT2D eigenvalue weighted by Crippen LogP contribution is -2.15. The van der Waals surface area contributed by atoms with E-state index >= 15 is 0 Å². The van der Waals surface area contributed by atoms with Gasteiger partial charge in [-0.25, -0.2) is 0 Å². The average Bonchev–Trinajstić information content (AvgIpc) is 3.31. The normalized spacial score (nSPS) is 14.2. The number of ether oxygens (including phenoxy) is 1. The molecule has 0 unspecified atom stereocenters. The van der Waals surface area contributed by atoms with Gasteiger partial charge in [-0.15, -0.1) is 0 Å². The summed E-state index contributed by atoms with van der Waals surface area (Å²) >= 11 is 6.08. The summed E-state index contributed by atoms with van der Waals surface area (Å²) < 4.78 is 5.98. The average molecular weight is 304 g/mol. The Balaban J connectivity index is 1.83. The summed E-state index contributed by atoms with van der Waals surface area (Å²) in [5, 5.41) is 13.5. The highest BCUT2D eigenvalue weighted by molar-refractivity contribution is 6.30. The number of nitrogens with one attached hydrogen (secondary N) is 1. The molecule has 1 aliphatic rings. The maximum atomic E-state index is 9.39. The van der Waals surface area contributed by atoms with Crippen LogP contribution in [0.4, 0.5) is 0 Å². The highest BCUT2D eigenvalue weighted by Gasteiger charge is 2.20. The topological polar surface area (TPSA) is 41.5 Å².